The van der Waals surface area contributed by atoms with Crippen molar-refractivity contribution >= 4 is 13.1 Å². The molecule has 0 bridgehead atoms. The van der Waals surface area contributed by atoms with Crippen LogP contribution < -0.4 is 5.30 Å². The summed E-state index contributed by atoms with van der Waals surface area (Å²) in [5.41, 5.74) is 0. The van der Waals surface area contributed by atoms with Crippen LogP contribution in [0.4, 0.5) is 0 Å². The molecule has 0 N–H and O–H groups in total. The summed E-state index contributed by atoms with van der Waals surface area (Å²) in [7, 11) is -1.27. The van der Waals surface area contributed by atoms with Gasteiger partial charge in [0.1, 0.15) is 7.80 Å². The number of hydrogen-bond acceptors (Lipinski definition) is 1. The van der Waals surface area contributed by atoms with Gasteiger partial charge in [-0.2, -0.15) is 0 Å². The molecule has 2 heteroatoms. The minimum atomic E-state index is -1.27. The van der Waals surface area contributed by atoms with E-state index in [1.807, 2.05) is 51.1 Å². The summed E-state index contributed by atoms with van der Waals surface area (Å²) in [5, 5.41) is 0.816. The summed E-state index contributed by atoms with van der Waals surface area (Å²) >= 11 is 0. The molecule has 0 aliphatic carbocycles. The van der Waals surface area contributed by atoms with Gasteiger partial charge in [-0.15, -0.1) is 0 Å². The number of hydrogen-bond donors (Lipinski definition) is 0. The van der Waals surface area contributed by atoms with Crippen molar-refractivity contribution in [2.75, 3.05) is 0 Å². The minimum Gasteiger partial charge on any atom is -0.281 e. The Morgan fingerprint density at radius 1 is 1.08 bits per heavy atom. The third-order valence-corrected chi connectivity index (χ3v) is 3.59. The van der Waals surface area contributed by atoms with Gasteiger partial charge in [-0.1, -0.05) is 18.2 Å². The van der Waals surface area contributed by atoms with E-state index in [-0.39, 0.29) is 5.16 Å². The normalized spacial score (nSPS) is 12.8. The zero-order valence-corrected chi connectivity index (χ0v) is 8.64. The SMILES string of the molecule is CC(C)(C)[P](=O)c1ccccc1. The first-order valence-electron chi connectivity index (χ1n) is 4.04. The van der Waals surface area contributed by atoms with Gasteiger partial charge < -0.3 is 0 Å². The molecule has 0 aliphatic heterocycles. The molecule has 65 valence electrons. The van der Waals surface area contributed by atoms with Crippen molar-refractivity contribution in [3.8, 4) is 0 Å². The van der Waals surface area contributed by atoms with Crippen LogP contribution in [0.25, 0.3) is 0 Å². The summed E-state index contributed by atoms with van der Waals surface area (Å²) in [5.74, 6) is 0. The molecule has 0 fully saturated rings. The van der Waals surface area contributed by atoms with Crippen LogP contribution in [0.1, 0.15) is 20.8 Å². The molecular weight excluding hydrogens is 167 g/mol. The first-order chi connectivity index (χ1) is 5.52. The van der Waals surface area contributed by atoms with Crippen molar-refractivity contribution in [3.05, 3.63) is 30.3 Å². The van der Waals surface area contributed by atoms with Crippen molar-refractivity contribution in [3.63, 3.8) is 0 Å². The van der Waals surface area contributed by atoms with Crippen molar-refractivity contribution in [1.29, 1.82) is 0 Å². The van der Waals surface area contributed by atoms with Crippen LogP contribution in [-0.2, 0) is 4.57 Å². The first kappa shape index (κ1) is 9.41. The van der Waals surface area contributed by atoms with Crippen LogP contribution in [-0.4, -0.2) is 5.16 Å². The van der Waals surface area contributed by atoms with Gasteiger partial charge in [-0.25, -0.2) is 0 Å². The fraction of sp³-hybridized carbons (Fsp3) is 0.400. The summed E-state index contributed by atoms with van der Waals surface area (Å²) in [4.78, 5) is 0. The maximum Gasteiger partial charge on any atom is 0.109 e. The predicted octanol–water partition coefficient (Wildman–Crippen LogP) is 2.94. The standard InChI is InChI=1S/C10H14OP/c1-10(2,3)12(11)9-7-5-4-6-8-9/h4-8H,1-3H3. The highest BCUT2D eigenvalue weighted by molar-refractivity contribution is 7.55. The molecule has 1 rings (SSSR count). The van der Waals surface area contributed by atoms with Gasteiger partial charge in [0.25, 0.3) is 0 Å². The largest absolute Gasteiger partial charge is 0.281 e. The van der Waals surface area contributed by atoms with Crippen molar-refractivity contribution in [2.45, 2.75) is 25.9 Å². The highest BCUT2D eigenvalue weighted by atomic mass is 31.1. The lowest BCUT2D eigenvalue weighted by atomic mass is 10.3. The van der Waals surface area contributed by atoms with Crippen LogP contribution in [0.15, 0.2) is 30.3 Å². The highest BCUT2D eigenvalue weighted by Crippen LogP contribution is 2.36. The van der Waals surface area contributed by atoms with E-state index in [0.717, 1.165) is 5.30 Å². The quantitative estimate of drug-likeness (QED) is 0.609. The summed E-state index contributed by atoms with van der Waals surface area (Å²) in [6.07, 6.45) is 0. The molecule has 0 spiro atoms. The molecule has 12 heavy (non-hydrogen) atoms. The number of benzene rings is 1. The van der Waals surface area contributed by atoms with Gasteiger partial charge in [-0.05, 0) is 32.9 Å². The van der Waals surface area contributed by atoms with Crippen LogP contribution in [0.5, 0.6) is 0 Å². The second-order valence-electron chi connectivity index (χ2n) is 3.80. The second-order valence-corrected chi connectivity index (χ2v) is 6.25. The van der Waals surface area contributed by atoms with E-state index >= 15 is 0 Å². The van der Waals surface area contributed by atoms with Gasteiger partial charge in [0, 0.05) is 10.5 Å². The Morgan fingerprint density at radius 3 is 2.00 bits per heavy atom. The molecule has 1 unspecified atom stereocenters. The smallest absolute Gasteiger partial charge is 0.109 e. The molecule has 1 nitrogen and oxygen atoms in total. The summed E-state index contributed by atoms with van der Waals surface area (Å²) in [6.45, 7) is 6.00. The van der Waals surface area contributed by atoms with Gasteiger partial charge >= 0.3 is 0 Å². The van der Waals surface area contributed by atoms with Crippen molar-refractivity contribution in [1.82, 2.24) is 0 Å². The molecule has 0 amide bonds. The van der Waals surface area contributed by atoms with Gasteiger partial charge in [0.2, 0.25) is 0 Å². The Bertz CT molecular complexity index is 272. The Kier molecular flexibility index (Phi) is 2.64. The molecule has 0 saturated carbocycles. The third kappa shape index (κ3) is 2.15. The average Bonchev–Trinajstić information content (AvgIpc) is 2.03. The van der Waals surface area contributed by atoms with Crippen molar-refractivity contribution < 1.29 is 4.57 Å². The van der Waals surface area contributed by atoms with Gasteiger partial charge in [0.05, 0.1) is 0 Å². The van der Waals surface area contributed by atoms with E-state index in [1.54, 1.807) is 0 Å². The molecule has 0 aliphatic rings. The Morgan fingerprint density at radius 2 is 1.58 bits per heavy atom. The van der Waals surface area contributed by atoms with E-state index in [2.05, 4.69) is 0 Å². The van der Waals surface area contributed by atoms with E-state index in [4.69, 9.17) is 0 Å². The molecule has 1 radical (unpaired) electrons. The molecule has 1 atom stereocenters. The van der Waals surface area contributed by atoms with Crippen molar-refractivity contribution in [2.24, 2.45) is 0 Å². The fourth-order valence-electron chi connectivity index (χ4n) is 0.951. The number of rotatable bonds is 1. The van der Waals surface area contributed by atoms with E-state index in [9.17, 15) is 4.57 Å². The molecule has 0 heterocycles. The monoisotopic (exact) mass is 181 g/mol. The summed E-state index contributed by atoms with van der Waals surface area (Å²) < 4.78 is 11.8. The van der Waals surface area contributed by atoms with E-state index in [0.29, 0.717) is 0 Å². The van der Waals surface area contributed by atoms with Crippen LogP contribution in [0.2, 0.25) is 0 Å². The fourth-order valence-corrected chi connectivity index (χ4v) is 2.17. The van der Waals surface area contributed by atoms with Crippen LogP contribution >= 0.6 is 7.80 Å². The first-order valence-corrected chi connectivity index (χ1v) is 5.30. The second kappa shape index (κ2) is 3.37. The van der Waals surface area contributed by atoms with Crippen LogP contribution in [0.3, 0.4) is 0 Å². The Labute approximate surface area is 74.6 Å². The minimum absolute atomic E-state index is 0.128. The Hall–Kier alpha value is -0.680. The highest BCUT2D eigenvalue weighted by Gasteiger charge is 2.21. The lowest BCUT2D eigenvalue weighted by Crippen LogP contribution is -2.13. The van der Waals surface area contributed by atoms with E-state index in [1.165, 1.54) is 0 Å². The lowest BCUT2D eigenvalue weighted by Gasteiger charge is -2.16. The molecule has 0 aromatic heterocycles. The maximum absolute atomic E-state index is 11.8. The van der Waals surface area contributed by atoms with Crippen LogP contribution in [0, 0.1) is 0 Å². The predicted molar refractivity (Wildman–Crippen MR) is 53.4 cm³/mol. The molecule has 1 aromatic carbocycles. The zero-order chi connectivity index (χ0) is 9.19. The topological polar surface area (TPSA) is 17.1 Å². The zero-order valence-electron chi connectivity index (χ0n) is 7.74. The Balaban J connectivity index is 2.94. The maximum atomic E-state index is 11.8. The molecule has 0 saturated heterocycles. The third-order valence-electron chi connectivity index (χ3n) is 1.60. The van der Waals surface area contributed by atoms with Gasteiger partial charge in [0.15, 0.2) is 0 Å². The molecule has 1 aromatic rings. The average molecular weight is 181 g/mol. The molecular formula is C10H14OP. The van der Waals surface area contributed by atoms with E-state index < -0.39 is 7.80 Å². The van der Waals surface area contributed by atoms with Gasteiger partial charge in [-0.3, -0.25) is 4.57 Å². The summed E-state index contributed by atoms with van der Waals surface area (Å²) in [6, 6.07) is 9.63. The lowest BCUT2D eigenvalue weighted by molar-refractivity contribution is 0.572.